The average molecular weight is 318 g/mol. The van der Waals surface area contributed by atoms with Crippen LogP contribution in [0, 0.1) is 0 Å². The molecule has 3 rings (SSSR count). The highest BCUT2D eigenvalue weighted by molar-refractivity contribution is 5.92. The van der Waals surface area contributed by atoms with Crippen LogP contribution in [0.4, 0.5) is 0 Å². The van der Waals surface area contributed by atoms with Crippen LogP contribution < -0.4 is 5.32 Å². The maximum absolute atomic E-state index is 11.9. The predicted octanol–water partition coefficient (Wildman–Crippen LogP) is 1.49. The summed E-state index contributed by atoms with van der Waals surface area (Å²) in [7, 11) is 0. The van der Waals surface area contributed by atoms with Gasteiger partial charge in [0.25, 0.3) is 5.91 Å². The minimum Gasteiger partial charge on any atom is -0.369 e. The summed E-state index contributed by atoms with van der Waals surface area (Å²) >= 11 is 0. The largest absolute Gasteiger partial charge is 0.369 e. The van der Waals surface area contributed by atoms with Gasteiger partial charge in [-0.15, -0.1) is 0 Å². The van der Waals surface area contributed by atoms with Gasteiger partial charge in [-0.05, 0) is 5.56 Å². The monoisotopic (exact) mass is 318 g/mol. The number of ether oxygens (including phenoxy) is 3. The van der Waals surface area contributed by atoms with Gasteiger partial charge in [0.2, 0.25) is 0 Å². The minimum absolute atomic E-state index is 0.210. The van der Waals surface area contributed by atoms with E-state index in [2.05, 4.69) is 10.5 Å². The summed E-state index contributed by atoms with van der Waals surface area (Å²) in [6.45, 7) is 2.11. The lowest BCUT2D eigenvalue weighted by molar-refractivity contribution is -0.0379. The van der Waals surface area contributed by atoms with Crippen LogP contribution >= 0.6 is 0 Å². The Bertz CT molecular complexity index is 622. The van der Waals surface area contributed by atoms with Crippen LogP contribution in [0.25, 0.3) is 0 Å². The number of hydrogen-bond acceptors (Lipinski definition) is 6. The van der Waals surface area contributed by atoms with Crippen molar-refractivity contribution < 1.29 is 23.5 Å². The molecule has 1 aliphatic heterocycles. The summed E-state index contributed by atoms with van der Waals surface area (Å²) in [6.07, 6.45) is -0.389. The van der Waals surface area contributed by atoms with Gasteiger partial charge < -0.3 is 24.1 Å². The number of carbonyl (C=O) groups is 1. The fourth-order valence-corrected chi connectivity index (χ4v) is 2.12. The van der Waals surface area contributed by atoms with E-state index in [0.717, 1.165) is 5.56 Å². The van der Waals surface area contributed by atoms with Crippen molar-refractivity contribution in [3.8, 4) is 0 Å². The summed E-state index contributed by atoms with van der Waals surface area (Å²) in [5.41, 5.74) is 1.28. The standard InChI is InChI=1S/C16H18N2O5/c19-16(17-9-15-21-6-7-22-15)14-8-13(23-18-14)11-20-10-12-4-2-1-3-5-12/h1-5,8,15H,6-7,9-11H2,(H,17,19). The van der Waals surface area contributed by atoms with Gasteiger partial charge in [-0.3, -0.25) is 4.79 Å². The van der Waals surface area contributed by atoms with Gasteiger partial charge in [-0.1, -0.05) is 35.5 Å². The third kappa shape index (κ3) is 4.62. The van der Waals surface area contributed by atoms with Gasteiger partial charge in [0.15, 0.2) is 17.7 Å². The molecule has 1 aromatic heterocycles. The third-order valence-electron chi connectivity index (χ3n) is 3.27. The fourth-order valence-electron chi connectivity index (χ4n) is 2.12. The number of amides is 1. The highest BCUT2D eigenvalue weighted by atomic mass is 16.7. The summed E-state index contributed by atoms with van der Waals surface area (Å²) in [6, 6.07) is 11.4. The van der Waals surface area contributed by atoms with Gasteiger partial charge >= 0.3 is 0 Å². The second-order valence-electron chi connectivity index (χ2n) is 5.04. The average Bonchev–Trinajstić information content (AvgIpc) is 3.25. The molecule has 1 aliphatic rings. The summed E-state index contributed by atoms with van der Waals surface area (Å²) in [4.78, 5) is 11.9. The van der Waals surface area contributed by atoms with E-state index >= 15 is 0 Å². The molecule has 0 radical (unpaired) electrons. The molecule has 2 heterocycles. The van der Waals surface area contributed by atoms with Crippen LogP contribution in [0.2, 0.25) is 0 Å². The second-order valence-corrected chi connectivity index (χ2v) is 5.04. The zero-order valence-corrected chi connectivity index (χ0v) is 12.6. The Morgan fingerprint density at radius 1 is 1.22 bits per heavy atom. The first-order valence-corrected chi connectivity index (χ1v) is 7.40. The van der Waals surface area contributed by atoms with E-state index in [1.165, 1.54) is 0 Å². The molecule has 2 aromatic rings. The zero-order chi connectivity index (χ0) is 15.9. The first-order valence-electron chi connectivity index (χ1n) is 7.40. The molecule has 1 aromatic carbocycles. The Morgan fingerprint density at radius 3 is 2.78 bits per heavy atom. The smallest absolute Gasteiger partial charge is 0.273 e. The molecule has 1 N–H and O–H groups in total. The maximum Gasteiger partial charge on any atom is 0.273 e. The molecule has 0 saturated carbocycles. The van der Waals surface area contributed by atoms with Crippen molar-refractivity contribution in [2.75, 3.05) is 19.8 Å². The van der Waals surface area contributed by atoms with Crippen molar-refractivity contribution in [3.63, 3.8) is 0 Å². The van der Waals surface area contributed by atoms with Crippen LogP contribution in [0.5, 0.6) is 0 Å². The molecular weight excluding hydrogens is 300 g/mol. The van der Waals surface area contributed by atoms with Crippen molar-refractivity contribution in [1.82, 2.24) is 10.5 Å². The van der Waals surface area contributed by atoms with Crippen molar-refractivity contribution in [2.45, 2.75) is 19.5 Å². The molecule has 23 heavy (non-hydrogen) atoms. The lowest BCUT2D eigenvalue weighted by atomic mass is 10.2. The highest BCUT2D eigenvalue weighted by Gasteiger charge is 2.18. The van der Waals surface area contributed by atoms with Crippen LogP contribution in [0.15, 0.2) is 40.9 Å². The molecule has 1 amide bonds. The SMILES string of the molecule is O=C(NCC1OCCO1)c1cc(COCc2ccccc2)on1. The second kappa shape index (κ2) is 7.87. The number of hydrogen-bond donors (Lipinski definition) is 1. The minimum atomic E-state index is -0.389. The van der Waals surface area contributed by atoms with Gasteiger partial charge in [0, 0.05) is 6.07 Å². The van der Waals surface area contributed by atoms with E-state index in [0.29, 0.717) is 25.6 Å². The van der Waals surface area contributed by atoms with Crippen LogP contribution in [0.3, 0.4) is 0 Å². The molecule has 0 aliphatic carbocycles. The molecule has 0 unspecified atom stereocenters. The number of rotatable bonds is 7. The first kappa shape index (κ1) is 15.7. The number of nitrogens with zero attached hydrogens (tertiary/aromatic N) is 1. The molecular formula is C16H18N2O5. The van der Waals surface area contributed by atoms with Crippen LogP contribution in [-0.4, -0.2) is 37.1 Å². The van der Waals surface area contributed by atoms with E-state index in [1.54, 1.807) is 6.07 Å². The highest BCUT2D eigenvalue weighted by Crippen LogP contribution is 2.08. The summed E-state index contributed by atoms with van der Waals surface area (Å²) < 4.78 is 21.1. The molecule has 7 heteroatoms. The first-order chi connectivity index (χ1) is 11.3. The zero-order valence-electron chi connectivity index (χ0n) is 12.6. The Labute approximate surface area is 133 Å². The van der Waals surface area contributed by atoms with Crippen molar-refractivity contribution in [3.05, 3.63) is 53.4 Å². The Hall–Kier alpha value is -2.22. The Balaban J connectivity index is 1.42. The van der Waals surface area contributed by atoms with Crippen LogP contribution in [-0.2, 0) is 27.4 Å². The van der Waals surface area contributed by atoms with E-state index in [9.17, 15) is 4.79 Å². The molecule has 122 valence electrons. The molecule has 0 spiro atoms. The van der Waals surface area contributed by atoms with E-state index in [-0.39, 0.29) is 31.0 Å². The van der Waals surface area contributed by atoms with E-state index in [1.807, 2.05) is 30.3 Å². The van der Waals surface area contributed by atoms with E-state index in [4.69, 9.17) is 18.7 Å². The third-order valence-corrected chi connectivity index (χ3v) is 3.27. The molecule has 0 bridgehead atoms. The number of nitrogens with one attached hydrogen (secondary N) is 1. The fraction of sp³-hybridized carbons (Fsp3) is 0.375. The van der Waals surface area contributed by atoms with Gasteiger partial charge in [-0.25, -0.2) is 0 Å². The van der Waals surface area contributed by atoms with Crippen molar-refractivity contribution >= 4 is 5.91 Å². The molecule has 1 saturated heterocycles. The van der Waals surface area contributed by atoms with E-state index < -0.39 is 0 Å². The molecule has 0 atom stereocenters. The number of carbonyl (C=O) groups excluding carboxylic acids is 1. The van der Waals surface area contributed by atoms with Crippen molar-refractivity contribution in [1.29, 1.82) is 0 Å². The summed E-state index contributed by atoms with van der Waals surface area (Å²) in [5, 5.41) is 6.42. The van der Waals surface area contributed by atoms with Crippen molar-refractivity contribution in [2.24, 2.45) is 0 Å². The Morgan fingerprint density at radius 2 is 2.00 bits per heavy atom. The maximum atomic E-state index is 11.9. The summed E-state index contributed by atoms with van der Waals surface area (Å²) in [5.74, 6) is 0.168. The van der Waals surface area contributed by atoms with Gasteiger partial charge in [-0.2, -0.15) is 0 Å². The molecule has 1 fully saturated rings. The van der Waals surface area contributed by atoms with Gasteiger partial charge in [0.1, 0.15) is 6.61 Å². The normalized spacial score (nSPS) is 15.0. The molecule has 7 nitrogen and oxygen atoms in total. The number of benzene rings is 1. The van der Waals surface area contributed by atoms with Crippen LogP contribution in [0.1, 0.15) is 21.8 Å². The van der Waals surface area contributed by atoms with Gasteiger partial charge in [0.05, 0.1) is 26.4 Å². The lowest BCUT2D eigenvalue weighted by Crippen LogP contribution is -2.32. The quantitative estimate of drug-likeness (QED) is 0.833. The lowest BCUT2D eigenvalue weighted by Gasteiger charge is -2.08. The predicted molar refractivity (Wildman–Crippen MR) is 79.5 cm³/mol. The number of aromatic nitrogens is 1. The topological polar surface area (TPSA) is 82.8 Å². The Kier molecular flexibility index (Phi) is 5.36.